The van der Waals surface area contributed by atoms with E-state index in [0.29, 0.717) is 6.42 Å². The Kier molecular flexibility index (Phi) is 6.01. The summed E-state index contributed by atoms with van der Waals surface area (Å²) in [5, 5.41) is 0. The van der Waals surface area contributed by atoms with Crippen LogP contribution in [0.15, 0.2) is 17.0 Å². The van der Waals surface area contributed by atoms with Crippen LogP contribution in [0.4, 0.5) is 0 Å². The first-order chi connectivity index (χ1) is 8.95. The van der Waals surface area contributed by atoms with Crippen molar-refractivity contribution in [2.45, 2.75) is 64.2 Å². The molecular weight excluding hydrogens is 260 g/mol. The van der Waals surface area contributed by atoms with Gasteiger partial charge in [0, 0.05) is 0 Å². The Hall–Kier alpha value is -0.870. The van der Waals surface area contributed by atoms with Crippen molar-refractivity contribution in [2.75, 3.05) is 0 Å². The minimum atomic E-state index is -4.13. The summed E-state index contributed by atoms with van der Waals surface area (Å²) >= 11 is 0. The lowest BCUT2D eigenvalue weighted by molar-refractivity contribution is 0.481. The first kappa shape index (κ1) is 16.2. The van der Waals surface area contributed by atoms with Crippen LogP contribution in [-0.4, -0.2) is 13.0 Å². The predicted octanol–water partition coefficient (Wildman–Crippen LogP) is 3.79. The molecule has 0 saturated carbocycles. The zero-order chi connectivity index (χ0) is 14.5. The molecule has 0 amide bonds. The van der Waals surface area contributed by atoms with Crippen LogP contribution in [-0.2, 0) is 29.4 Å². The molecule has 0 atom stereocenters. The van der Waals surface area contributed by atoms with E-state index in [1.807, 2.05) is 13.0 Å². The second-order valence-electron chi connectivity index (χ2n) is 4.90. The number of hydrogen-bond acceptors (Lipinski definition) is 2. The molecule has 0 aromatic heterocycles. The fourth-order valence-corrected chi connectivity index (χ4v) is 3.33. The average Bonchev–Trinajstić information content (AvgIpc) is 2.32. The Balaban J connectivity index is 3.48. The lowest BCUT2D eigenvalue weighted by atomic mass is 9.92. The van der Waals surface area contributed by atoms with E-state index in [1.54, 1.807) is 6.07 Å². The van der Waals surface area contributed by atoms with Gasteiger partial charge in [0.25, 0.3) is 10.1 Å². The van der Waals surface area contributed by atoms with Crippen molar-refractivity contribution in [1.82, 2.24) is 0 Å². The van der Waals surface area contributed by atoms with Crippen LogP contribution in [0.1, 0.15) is 56.7 Å². The third kappa shape index (κ3) is 4.05. The quantitative estimate of drug-likeness (QED) is 0.775. The lowest BCUT2D eigenvalue weighted by Gasteiger charge is -2.17. The van der Waals surface area contributed by atoms with E-state index in [4.69, 9.17) is 0 Å². The Morgan fingerprint density at radius 2 is 1.42 bits per heavy atom. The Morgan fingerprint density at radius 3 is 1.89 bits per heavy atom. The Morgan fingerprint density at radius 1 is 0.895 bits per heavy atom. The highest BCUT2D eigenvalue weighted by atomic mass is 32.2. The van der Waals surface area contributed by atoms with Gasteiger partial charge >= 0.3 is 0 Å². The zero-order valence-electron chi connectivity index (χ0n) is 12.1. The second-order valence-corrected chi connectivity index (χ2v) is 6.29. The summed E-state index contributed by atoms with van der Waals surface area (Å²) in [5.74, 6) is 0. The molecule has 4 heteroatoms. The summed E-state index contributed by atoms with van der Waals surface area (Å²) in [5.41, 5.74) is 3.17. The summed E-state index contributed by atoms with van der Waals surface area (Å²) < 4.78 is 32.4. The van der Waals surface area contributed by atoms with Crippen molar-refractivity contribution in [3.63, 3.8) is 0 Å². The fraction of sp³-hybridized carbons (Fsp3) is 0.600. The van der Waals surface area contributed by atoms with E-state index in [1.165, 1.54) is 5.56 Å². The molecule has 0 aliphatic heterocycles. The molecule has 108 valence electrons. The molecule has 0 radical (unpaired) electrons. The van der Waals surface area contributed by atoms with Gasteiger partial charge in [-0.3, -0.25) is 4.55 Å². The van der Waals surface area contributed by atoms with Crippen molar-refractivity contribution in [3.05, 3.63) is 28.8 Å². The van der Waals surface area contributed by atoms with Crippen LogP contribution in [0, 0.1) is 0 Å². The molecule has 19 heavy (non-hydrogen) atoms. The molecule has 0 fully saturated rings. The molecule has 0 unspecified atom stereocenters. The van der Waals surface area contributed by atoms with Gasteiger partial charge < -0.3 is 0 Å². The molecule has 1 N–H and O–H groups in total. The standard InChI is InChI=1S/C15H24O3S/c1-4-7-12-10-11-15(19(16,17)18)14(9-6-3)13(12)8-5-2/h10-11H,4-9H2,1-3H3,(H,16,17,18). The third-order valence-electron chi connectivity index (χ3n) is 3.28. The summed E-state index contributed by atoms with van der Waals surface area (Å²) in [4.78, 5) is 0.0950. The van der Waals surface area contributed by atoms with Crippen molar-refractivity contribution in [2.24, 2.45) is 0 Å². The zero-order valence-corrected chi connectivity index (χ0v) is 12.9. The number of aryl methyl sites for hydroxylation is 1. The highest BCUT2D eigenvalue weighted by Crippen LogP contribution is 2.27. The summed E-state index contributed by atoms with van der Waals surface area (Å²) in [6.07, 6.45) is 5.40. The van der Waals surface area contributed by atoms with Gasteiger partial charge in [-0.15, -0.1) is 0 Å². The van der Waals surface area contributed by atoms with Crippen molar-refractivity contribution >= 4 is 10.1 Å². The third-order valence-corrected chi connectivity index (χ3v) is 4.22. The molecule has 0 aliphatic rings. The van der Waals surface area contributed by atoms with Gasteiger partial charge in [0.05, 0.1) is 4.90 Å². The highest BCUT2D eigenvalue weighted by molar-refractivity contribution is 7.85. The second kappa shape index (κ2) is 7.06. The van der Waals surface area contributed by atoms with E-state index < -0.39 is 10.1 Å². The topological polar surface area (TPSA) is 54.4 Å². The highest BCUT2D eigenvalue weighted by Gasteiger charge is 2.19. The van der Waals surface area contributed by atoms with Gasteiger partial charge in [0.2, 0.25) is 0 Å². The van der Waals surface area contributed by atoms with Crippen molar-refractivity contribution in [1.29, 1.82) is 0 Å². The smallest absolute Gasteiger partial charge is 0.282 e. The summed E-state index contributed by atoms with van der Waals surface area (Å²) in [6, 6.07) is 3.42. The molecule has 0 saturated heterocycles. The lowest BCUT2D eigenvalue weighted by Crippen LogP contribution is -2.09. The van der Waals surface area contributed by atoms with E-state index in [9.17, 15) is 13.0 Å². The van der Waals surface area contributed by atoms with Gasteiger partial charge in [-0.2, -0.15) is 8.42 Å². The average molecular weight is 284 g/mol. The van der Waals surface area contributed by atoms with Crippen molar-refractivity contribution < 1.29 is 13.0 Å². The van der Waals surface area contributed by atoms with Crippen LogP contribution in [0.25, 0.3) is 0 Å². The van der Waals surface area contributed by atoms with Gasteiger partial charge in [-0.25, -0.2) is 0 Å². The monoisotopic (exact) mass is 284 g/mol. The van der Waals surface area contributed by atoms with E-state index >= 15 is 0 Å². The summed E-state index contributed by atoms with van der Waals surface area (Å²) in [7, 11) is -4.13. The largest absolute Gasteiger partial charge is 0.294 e. The SMILES string of the molecule is CCCc1ccc(S(=O)(=O)O)c(CCC)c1CCC. The van der Waals surface area contributed by atoms with Crippen molar-refractivity contribution in [3.8, 4) is 0 Å². The number of benzene rings is 1. The minimum Gasteiger partial charge on any atom is -0.282 e. The number of hydrogen-bond donors (Lipinski definition) is 1. The summed E-state index contributed by atoms with van der Waals surface area (Å²) in [6.45, 7) is 6.23. The van der Waals surface area contributed by atoms with Gasteiger partial charge in [-0.05, 0) is 42.0 Å². The molecule has 0 aliphatic carbocycles. The maximum absolute atomic E-state index is 11.5. The van der Waals surface area contributed by atoms with Crippen LogP contribution in [0.5, 0.6) is 0 Å². The Labute approximate surface area is 116 Å². The molecule has 0 bridgehead atoms. The molecule has 1 aromatic carbocycles. The van der Waals surface area contributed by atoms with E-state index in [-0.39, 0.29) is 4.90 Å². The van der Waals surface area contributed by atoms with Crippen LogP contribution < -0.4 is 0 Å². The van der Waals surface area contributed by atoms with E-state index in [2.05, 4.69) is 13.8 Å². The fourth-order valence-electron chi connectivity index (χ4n) is 2.55. The van der Waals surface area contributed by atoms with Gasteiger partial charge in [0.15, 0.2) is 0 Å². The normalized spacial score (nSPS) is 11.8. The molecule has 1 rings (SSSR count). The Bertz CT molecular complexity index is 518. The maximum atomic E-state index is 11.5. The van der Waals surface area contributed by atoms with Gasteiger partial charge in [-0.1, -0.05) is 46.1 Å². The molecule has 3 nitrogen and oxygen atoms in total. The van der Waals surface area contributed by atoms with Crippen LogP contribution >= 0.6 is 0 Å². The molecule has 1 aromatic rings. The molecule has 0 heterocycles. The van der Waals surface area contributed by atoms with E-state index in [0.717, 1.165) is 43.2 Å². The first-order valence-electron chi connectivity index (χ1n) is 7.06. The first-order valence-corrected chi connectivity index (χ1v) is 8.50. The maximum Gasteiger partial charge on any atom is 0.294 e. The molecular formula is C15H24O3S. The predicted molar refractivity (Wildman–Crippen MR) is 78.2 cm³/mol. The van der Waals surface area contributed by atoms with Gasteiger partial charge in [0.1, 0.15) is 0 Å². The van der Waals surface area contributed by atoms with Crippen LogP contribution in [0.3, 0.4) is 0 Å². The minimum absolute atomic E-state index is 0.0950. The number of rotatable bonds is 7. The molecule has 0 spiro atoms. The van der Waals surface area contributed by atoms with Crippen LogP contribution in [0.2, 0.25) is 0 Å².